The van der Waals surface area contributed by atoms with Crippen LogP contribution >= 0.6 is 11.8 Å². The van der Waals surface area contributed by atoms with Crippen molar-refractivity contribution in [3.8, 4) is 22.5 Å². The highest BCUT2D eigenvalue weighted by Gasteiger charge is 2.30. The van der Waals surface area contributed by atoms with E-state index < -0.39 is 0 Å². The van der Waals surface area contributed by atoms with E-state index >= 15 is 0 Å². The lowest BCUT2D eigenvalue weighted by Gasteiger charge is -2.12. The summed E-state index contributed by atoms with van der Waals surface area (Å²) in [7, 11) is 2.02. The molecule has 4 aromatic rings. The molecule has 0 saturated carbocycles. The van der Waals surface area contributed by atoms with Crippen molar-refractivity contribution in [3.05, 3.63) is 84.2 Å². The van der Waals surface area contributed by atoms with Gasteiger partial charge in [0.1, 0.15) is 0 Å². The molecule has 0 atom stereocenters. The minimum atomic E-state index is 0.232. The van der Waals surface area contributed by atoms with Crippen molar-refractivity contribution in [1.82, 2.24) is 19.7 Å². The molecule has 0 aliphatic heterocycles. The molecular weight excluding hydrogens is 340 g/mol. The quantitative estimate of drug-likeness (QED) is 0.532. The van der Waals surface area contributed by atoms with Crippen LogP contribution in [0.4, 0.5) is 0 Å². The SMILES string of the molecule is Cn1c(SC2c3ccccc3-c3ccccc32)nnc1-c1ccncc1. The third-order valence-electron chi connectivity index (χ3n) is 4.77. The molecule has 0 fully saturated rings. The smallest absolute Gasteiger partial charge is 0.192 e. The maximum atomic E-state index is 4.46. The van der Waals surface area contributed by atoms with Crippen LogP contribution in [0.15, 0.2) is 78.2 Å². The molecular formula is C21H16N4S. The molecule has 4 nitrogen and oxygen atoms in total. The number of hydrogen-bond donors (Lipinski definition) is 0. The van der Waals surface area contributed by atoms with Gasteiger partial charge in [0.05, 0.1) is 5.25 Å². The standard InChI is InChI=1S/C21H16N4S/c1-25-20(14-10-12-22-13-11-14)23-24-21(25)26-19-17-8-4-2-6-15(17)16-7-3-5-9-18(16)19/h2-13,19H,1H3. The number of thioether (sulfide) groups is 1. The Hall–Kier alpha value is -2.92. The summed E-state index contributed by atoms with van der Waals surface area (Å²) in [5, 5.41) is 10.0. The average Bonchev–Trinajstić information content (AvgIpc) is 3.22. The van der Waals surface area contributed by atoms with E-state index in [1.807, 2.05) is 19.2 Å². The first-order valence-electron chi connectivity index (χ1n) is 8.47. The minimum Gasteiger partial charge on any atom is -0.305 e. The second kappa shape index (κ2) is 6.11. The highest BCUT2D eigenvalue weighted by atomic mass is 32.2. The van der Waals surface area contributed by atoms with E-state index in [0.29, 0.717) is 0 Å². The first-order valence-corrected chi connectivity index (χ1v) is 9.35. The zero-order valence-electron chi connectivity index (χ0n) is 14.2. The monoisotopic (exact) mass is 356 g/mol. The summed E-state index contributed by atoms with van der Waals surface area (Å²) in [6.07, 6.45) is 3.56. The van der Waals surface area contributed by atoms with Crippen LogP contribution in [0, 0.1) is 0 Å². The van der Waals surface area contributed by atoms with Crippen LogP contribution in [-0.2, 0) is 7.05 Å². The van der Waals surface area contributed by atoms with Gasteiger partial charge in [-0.2, -0.15) is 0 Å². The lowest BCUT2D eigenvalue weighted by molar-refractivity contribution is 0.792. The molecule has 5 heteroatoms. The van der Waals surface area contributed by atoms with Crippen molar-refractivity contribution in [2.45, 2.75) is 10.4 Å². The number of rotatable bonds is 3. The Morgan fingerprint density at radius 1 is 0.808 bits per heavy atom. The summed E-state index contributed by atoms with van der Waals surface area (Å²) >= 11 is 1.75. The Kier molecular flexibility index (Phi) is 3.60. The van der Waals surface area contributed by atoms with E-state index in [0.717, 1.165) is 16.5 Å². The highest BCUT2D eigenvalue weighted by molar-refractivity contribution is 7.99. The molecule has 0 saturated heterocycles. The molecule has 0 N–H and O–H groups in total. The summed E-state index contributed by atoms with van der Waals surface area (Å²) in [6.45, 7) is 0. The molecule has 2 aromatic heterocycles. The number of benzene rings is 2. The summed E-state index contributed by atoms with van der Waals surface area (Å²) < 4.78 is 2.06. The van der Waals surface area contributed by atoms with Crippen molar-refractivity contribution < 1.29 is 0 Å². The fraction of sp³-hybridized carbons (Fsp3) is 0.0952. The molecule has 0 spiro atoms. The lowest BCUT2D eigenvalue weighted by Crippen LogP contribution is -1.98. The van der Waals surface area contributed by atoms with Crippen LogP contribution in [0.1, 0.15) is 16.4 Å². The van der Waals surface area contributed by atoms with Crippen LogP contribution in [-0.4, -0.2) is 19.7 Å². The van der Waals surface area contributed by atoms with Crippen molar-refractivity contribution in [1.29, 1.82) is 0 Å². The maximum absolute atomic E-state index is 4.46. The number of aromatic nitrogens is 4. The predicted octanol–water partition coefficient (Wildman–Crippen LogP) is 4.74. The zero-order chi connectivity index (χ0) is 17.5. The number of pyridine rings is 1. The average molecular weight is 356 g/mol. The van der Waals surface area contributed by atoms with E-state index in [-0.39, 0.29) is 5.25 Å². The van der Waals surface area contributed by atoms with Crippen molar-refractivity contribution >= 4 is 11.8 Å². The zero-order valence-corrected chi connectivity index (χ0v) is 15.0. The molecule has 1 aliphatic rings. The van der Waals surface area contributed by atoms with Crippen molar-refractivity contribution in [2.24, 2.45) is 7.05 Å². The topological polar surface area (TPSA) is 43.6 Å². The molecule has 26 heavy (non-hydrogen) atoms. The maximum Gasteiger partial charge on any atom is 0.192 e. The Morgan fingerprint density at radius 2 is 1.42 bits per heavy atom. The number of nitrogens with zero attached hydrogens (tertiary/aromatic N) is 4. The van der Waals surface area contributed by atoms with Gasteiger partial charge in [-0.1, -0.05) is 60.3 Å². The molecule has 0 radical (unpaired) electrons. The van der Waals surface area contributed by atoms with Crippen molar-refractivity contribution in [3.63, 3.8) is 0 Å². The van der Waals surface area contributed by atoms with E-state index in [1.54, 1.807) is 24.2 Å². The van der Waals surface area contributed by atoms with E-state index in [9.17, 15) is 0 Å². The Bertz CT molecular complexity index is 1040. The van der Waals surface area contributed by atoms with Crippen LogP contribution in [0.5, 0.6) is 0 Å². The van der Waals surface area contributed by atoms with Gasteiger partial charge in [0, 0.05) is 25.0 Å². The highest BCUT2D eigenvalue weighted by Crippen LogP contribution is 2.51. The Balaban J connectivity index is 1.56. The third kappa shape index (κ3) is 2.35. The third-order valence-corrected chi connectivity index (χ3v) is 6.08. The van der Waals surface area contributed by atoms with Crippen LogP contribution in [0.25, 0.3) is 22.5 Å². The molecule has 0 amide bonds. The van der Waals surface area contributed by atoms with Gasteiger partial charge < -0.3 is 4.57 Å². The fourth-order valence-corrected chi connectivity index (χ4v) is 4.72. The molecule has 1 aliphatic carbocycles. The van der Waals surface area contributed by atoms with E-state index in [4.69, 9.17) is 0 Å². The van der Waals surface area contributed by atoms with Gasteiger partial charge in [0.15, 0.2) is 11.0 Å². The fourth-order valence-electron chi connectivity index (χ4n) is 3.51. The van der Waals surface area contributed by atoms with Crippen LogP contribution in [0.2, 0.25) is 0 Å². The lowest BCUT2D eigenvalue weighted by atomic mass is 10.1. The molecule has 2 heterocycles. The largest absolute Gasteiger partial charge is 0.305 e. The Morgan fingerprint density at radius 3 is 2.08 bits per heavy atom. The summed E-state index contributed by atoms with van der Waals surface area (Å²) in [5.74, 6) is 0.856. The van der Waals surface area contributed by atoms with Gasteiger partial charge in [0.2, 0.25) is 0 Å². The Labute approximate surface area is 155 Å². The molecule has 5 rings (SSSR count). The normalized spacial score (nSPS) is 12.8. The van der Waals surface area contributed by atoms with Gasteiger partial charge >= 0.3 is 0 Å². The molecule has 0 bridgehead atoms. The van der Waals surface area contributed by atoms with Crippen LogP contribution in [0.3, 0.4) is 0 Å². The van der Waals surface area contributed by atoms with Gasteiger partial charge in [0.25, 0.3) is 0 Å². The molecule has 0 unspecified atom stereocenters. The molecule has 2 aromatic carbocycles. The molecule has 126 valence electrons. The number of fused-ring (bicyclic) bond motifs is 3. The van der Waals surface area contributed by atoms with E-state index in [1.165, 1.54) is 22.3 Å². The van der Waals surface area contributed by atoms with Gasteiger partial charge in [-0.3, -0.25) is 4.98 Å². The summed E-state index contributed by atoms with van der Waals surface area (Å²) in [5.41, 5.74) is 6.34. The van der Waals surface area contributed by atoms with E-state index in [2.05, 4.69) is 68.3 Å². The van der Waals surface area contributed by atoms with Crippen molar-refractivity contribution in [2.75, 3.05) is 0 Å². The number of hydrogen-bond acceptors (Lipinski definition) is 4. The predicted molar refractivity (Wildman–Crippen MR) is 104 cm³/mol. The summed E-state index contributed by atoms with van der Waals surface area (Å²) in [4.78, 5) is 4.08. The van der Waals surface area contributed by atoms with Gasteiger partial charge in [-0.25, -0.2) is 0 Å². The van der Waals surface area contributed by atoms with Gasteiger partial charge in [-0.15, -0.1) is 10.2 Å². The first-order chi connectivity index (χ1) is 12.8. The summed E-state index contributed by atoms with van der Waals surface area (Å²) in [6, 6.07) is 21.2. The second-order valence-electron chi connectivity index (χ2n) is 6.27. The van der Waals surface area contributed by atoms with Crippen LogP contribution < -0.4 is 0 Å². The van der Waals surface area contributed by atoms with Gasteiger partial charge in [-0.05, 0) is 34.4 Å². The minimum absolute atomic E-state index is 0.232. The second-order valence-corrected chi connectivity index (χ2v) is 7.35. The first kappa shape index (κ1) is 15.3.